The predicted molar refractivity (Wildman–Crippen MR) is 121 cm³/mol. The third kappa shape index (κ3) is 4.93. The zero-order valence-corrected chi connectivity index (χ0v) is 17.9. The van der Waals surface area contributed by atoms with Crippen molar-refractivity contribution in [1.82, 2.24) is 15.5 Å². The van der Waals surface area contributed by atoms with Gasteiger partial charge in [0, 0.05) is 6.54 Å². The van der Waals surface area contributed by atoms with Gasteiger partial charge in [0.15, 0.2) is 0 Å². The number of amides is 1. The van der Waals surface area contributed by atoms with E-state index in [1.54, 1.807) is 36.4 Å². The number of hydrogen-bond donors (Lipinski definition) is 2. The molecule has 0 unspecified atom stereocenters. The van der Waals surface area contributed by atoms with Crippen molar-refractivity contribution >= 4 is 29.0 Å². The Morgan fingerprint density at radius 3 is 2.38 bits per heavy atom. The van der Waals surface area contributed by atoms with Gasteiger partial charge in [-0.05, 0) is 53.6 Å². The lowest BCUT2D eigenvalue weighted by Gasteiger charge is -2.11. The number of halogens is 4. The normalized spacial score (nSPS) is 11.8. The Kier molecular flexibility index (Phi) is 6.36. The fraction of sp³-hybridized carbons (Fsp3) is 0.120. The quantitative estimate of drug-likeness (QED) is 0.349. The molecule has 4 rings (SSSR count). The first-order chi connectivity index (χ1) is 16.3. The number of aromatic nitrogens is 2. The fourth-order valence-electron chi connectivity index (χ4n) is 3.46. The van der Waals surface area contributed by atoms with Crippen LogP contribution in [0.25, 0.3) is 23.1 Å². The Labute approximate surface area is 192 Å². The maximum atomic E-state index is 13.1. The lowest BCUT2D eigenvalue weighted by molar-refractivity contribution is -0.137. The Morgan fingerprint density at radius 1 is 1.03 bits per heavy atom. The molecule has 0 saturated carbocycles. The molecule has 0 spiro atoms. The van der Waals surface area contributed by atoms with Crippen LogP contribution in [0.1, 0.15) is 32.7 Å². The summed E-state index contributed by atoms with van der Waals surface area (Å²) in [5.41, 5.74) is 1.96. The molecule has 1 amide bonds. The van der Waals surface area contributed by atoms with Gasteiger partial charge in [-0.3, -0.25) is 9.89 Å². The van der Waals surface area contributed by atoms with Crippen molar-refractivity contribution in [3.05, 3.63) is 94.4 Å². The summed E-state index contributed by atoms with van der Waals surface area (Å²) >= 11 is 0. The van der Waals surface area contributed by atoms with Crippen molar-refractivity contribution in [2.45, 2.75) is 12.7 Å². The summed E-state index contributed by atoms with van der Waals surface area (Å²) in [6.07, 6.45) is -0.907. The van der Waals surface area contributed by atoms with Crippen LogP contribution in [0, 0.1) is 5.82 Å². The summed E-state index contributed by atoms with van der Waals surface area (Å²) in [7, 11) is 1.43. The number of carbonyl (C=O) groups is 1. The molecule has 5 nitrogen and oxygen atoms in total. The van der Waals surface area contributed by atoms with E-state index in [0.717, 1.165) is 17.7 Å². The third-order valence-corrected chi connectivity index (χ3v) is 5.20. The molecule has 1 aromatic heterocycles. The van der Waals surface area contributed by atoms with E-state index in [2.05, 4.69) is 15.5 Å². The van der Waals surface area contributed by atoms with Crippen LogP contribution in [0.5, 0.6) is 5.75 Å². The van der Waals surface area contributed by atoms with Crippen LogP contribution in [-0.2, 0) is 12.7 Å². The first kappa shape index (κ1) is 23.0. The number of ether oxygens (including phenoxy) is 1. The van der Waals surface area contributed by atoms with Gasteiger partial charge in [-0.25, -0.2) is 4.39 Å². The summed E-state index contributed by atoms with van der Waals surface area (Å²) in [5, 5.41) is 10.4. The standard InChI is InChI=1S/C25H19F4N3O2/c1-34-23-19(24(33)30-14-16-2-7-17(8-3-16)25(27,28)29)11-13-21-22(23)20(31-32-21)12-6-15-4-9-18(26)10-5-15/h2-13H,14H2,1H3,(H,30,33)(H,31,32)/b12-6+. The zero-order valence-electron chi connectivity index (χ0n) is 17.9. The van der Waals surface area contributed by atoms with Crippen LogP contribution < -0.4 is 10.1 Å². The minimum atomic E-state index is -4.42. The van der Waals surface area contributed by atoms with E-state index in [0.29, 0.717) is 27.9 Å². The Hall–Kier alpha value is -4.14. The highest BCUT2D eigenvalue weighted by atomic mass is 19.4. The average molecular weight is 469 g/mol. The van der Waals surface area contributed by atoms with Crippen molar-refractivity contribution in [3.63, 3.8) is 0 Å². The molecule has 34 heavy (non-hydrogen) atoms. The van der Waals surface area contributed by atoms with Crippen LogP contribution in [0.4, 0.5) is 17.6 Å². The topological polar surface area (TPSA) is 67.0 Å². The molecular formula is C25H19F4N3O2. The maximum absolute atomic E-state index is 13.1. The molecule has 0 fully saturated rings. The molecule has 4 aromatic rings. The monoisotopic (exact) mass is 469 g/mol. The van der Waals surface area contributed by atoms with E-state index >= 15 is 0 Å². The lowest BCUT2D eigenvalue weighted by atomic mass is 10.1. The van der Waals surface area contributed by atoms with Gasteiger partial charge in [0.05, 0.1) is 34.8 Å². The van der Waals surface area contributed by atoms with Gasteiger partial charge in [0.1, 0.15) is 11.6 Å². The minimum absolute atomic E-state index is 0.0425. The number of methoxy groups -OCH3 is 1. The van der Waals surface area contributed by atoms with E-state index in [1.165, 1.54) is 31.4 Å². The maximum Gasteiger partial charge on any atom is 0.416 e. The summed E-state index contributed by atoms with van der Waals surface area (Å²) in [6, 6.07) is 13.8. The van der Waals surface area contributed by atoms with Crippen LogP contribution in [-0.4, -0.2) is 23.2 Å². The SMILES string of the molecule is COc1c(C(=O)NCc2ccc(C(F)(F)F)cc2)ccc2n[nH]c(/C=C/c3ccc(F)cc3)c12. The summed E-state index contributed by atoms with van der Waals surface area (Å²) in [5.74, 6) is -0.485. The van der Waals surface area contributed by atoms with E-state index in [4.69, 9.17) is 4.74 Å². The van der Waals surface area contributed by atoms with Gasteiger partial charge >= 0.3 is 6.18 Å². The lowest BCUT2D eigenvalue weighted by Crippen LogP contribution is -2.23. The predicted octanol–water partition coefficient (Wildman–Crippen LogP) is 5.83. The molecule has 0 aliphatic rings. The number of H-pyrrole nitrogens is 1. The average Bonchev–Trinajstić information content (AvgIpc) is 3.24. The molecule has 0 atom stereocenters. The number of hydrogen-bond acceptors (Lipinski definition) is 3. The highest BCUT2D eigenvalue weighted by Crippen LogP contribution is 2.32. The van der Waals surface area contributed by atoms with Gasteiger partial charge < -0.3 is 10.1 Å². The van der Waals surface area contributed by atoms with Crippen molar-refractivity contribution in [2.24, 2.45) is 0 Å². The first-order valence-electron chi connectivity index (χ1n) is 10.2. The van der Waals surface area contributed by atoms with Crippen molar-refractivity contribution < 1.29 is 27.1 Å². The summed E-state index contributed by atoms with van der Waals surface area (Å²) < 4.78 is 56.8. The molecule has 0 aliphatic carbocycles. The van der Waals surface area contributed by atoms with E-state index in [1.807, 2.05) is 0 Å². The largest absolute Gasteiger partial charge is 0.495 e. The second kappa shape index (κ2) is 9.38. The number of fused-ring (bicyclic) bond motifs is 1. The third-order valence-electron chi connectivity index (χ3n) is 5.20. The van der Waals surface area contributed by atoms with Crippen molar-refractivity contribution in [3.8, 4) is 5.75 Å². The van der Waals surface area contributed by atoms with Gasteiger partial charge in [0.2, 0.25) is 0 Å². The molecule has 3 aromatic carbocycles. The molecule has 0 aliphatic heterocycles. The highest BCUT2D eigenvalue weighted by Gasteiger charge is 2.30. The number of alkyl halides is 3. The highest BCUT2D eigenvalue weighted by molar-refractivity contribution is 6.05. The van der Waals surface area contributed by atoms with Crippen LogP contribution >= 0.6 is 0 Å². The Morgan fingerprint density at radius 2 is 1.74 bits per heavy atom. The number of carbonyl (C=O) groups excluding carboxylic acids is 1. The van der Waals surface area contributed by atoms with Gasteiger partial charge in [0.25, 0.3) is 5.91 Å². The van der Waals surface area contributed by atoms with Gasteiger partial charge in [-0.1, -0.05) is 30.3 Å². The van der Waals surface area contributed by atoms with Crippen LogP contribution in [0.2, 0.25) is 0 Å². The number of nitrogens with one attached hydrogen (secondary N) is 2. The molecule has 9 heteroatoms. The molecule has 1 heterocycles. The Balaban J connectivity index is 1.57. The van der Waals surface area contributed by atoms with Crippen molar-refractivity contribution in [1.29, 1.82) is 0 Å². The number of benzene rings is 3. The minimum Gasteiger partial charge on any atom is -0.495 e. The van der Waals surface area contributed by atoms with E-state index < -0.39 is 17.6 Å². The first-order valence-corrected chi connectivity index (χ1v) is 10.2. The van der Waals surface area contributed by atoms with E-state index in [-0.39, 0.29) is 17.9 Å². The summed E-state index contributed by atoms with van der Waals surface area (Å²) in [6.45, 7) is 0.0425. The zero-order chi connectivity index (χ0) is 24.3. The van der Waals surface area contributed by atoms with Crippen LogP contribution in [0.15, 0.2) is 60.7 Å². The summed E-state index contributed by atoms with van der Waals surface area (Å²) in [4.78, 5) is 12.9. The van der Waals surface area contributed by atoms with Crippen LogP contribution in [0.3, 0.4) is 0 Å². The molecule has 0 bridgehead atoms. The van der Waals surface area contributed by atoms with Crippen molar-refractivity contribution in [2.75, 3.05) is 7.11 Å². The molecule has 0 saturated heterocycles. The second-order valence-corrected chi connectivity index (χ2v) is 7.44. The number of nitrogens with zero attached hydrogens (tertiary/aromatic N) is 1. The number of aromatic amines is 1. The Bertz CT molecular complexity index is 1340. The molecule has 174 valence electrons. The smallest absolute Gasteiger partial charge is 0.416 e. The number of rotatable bonds is 6. The molecule has 0 radical (unpaired) electrons. The fourth-order valence-corrected chi connectivity index (χ4v) is 3.46. The molecule has 2 N–H and O–H groups in total. The van der Waals surface area contributed by atoms with Gasteiger partial charge in [-0.15, -0.1) is 0 Å². The van der Waals surface area contributed by atoms with E-state index in [9.17, 15) is 22.4 Å². The second-order valence-electron chi connectivity index (χ2n) is 7.44. The molecular weight excluding hydrogens is 450 g/mol. The van der Waals surface area contributed by atoms with Gasteiger partial charge in [-0.2, -0.15) is 18.3 Å².